The zero-order valence-electron chi connectivity index (χ0n) is 16.9. The molecule has 0 fully saturated rings. The van der Waals surface area contributed by atoms with E-state index in [4.69, 9.17) is 0 Å². The Hall–Kier alpha value is -2.99. The predicted octanol–water partition coefficient (Wildman–Crippen LogP) is 3.69. The predicted molar refractivity (Wildman–Crippen MR) is 113 cm³/mol. The van der Waals surface area contributed by atoms with E-state index in [-0.39, 0.29) is 23.5 Å². The quantitative estimate of drug-likeness (QED) is 0.602. The van der Waals surface area contributed by atoms with Crippen LogP contribution in [0.15, 0.2) is 66.9 Å². The van der Waals surface area contributed by atoms with Gasteiger partial charge in [0, 0.05) is 18.8 Å². The molecule has 1 unspecified atom stereocenters. The average molecular weight is 394 g/mol. The van der Waals surface area contributed by atoms with Crippen LogP contribution in [-0.2, 0) is 6.42 Å². The Morgan fingerprint density at radius 2 is 1.76 bits per heavy atom. The van der Waals surface area contributed by atoms with Crippen molar-refractivity contribution in [2.75, 3.05) is 19.6 Å². The number of benzene rings is 2. The van der Waals surface area contributed by atoms with E-state index in [0.717, 1.165) is 19.5 Å². The number of likely N-dealkylation sites (N-methyl/N-ethyl adjacent to an activating group) is 1. The van der Waals surface area contributed by atoms with Gasteiger partial charge in [0.05, 0.1) is 0 Å². The van der Waals surface area contributed by atoms with Crippen LogP contribution in [0, 0.1) is 5.82 Å². The van der Waals surface area contributed by atoms with Crippen molar-refractivity contribution < 1.29 is 9.18 Å². The number of halogens is 1. The number of rotatable bonds is 9. The lowest BCUT2D eigenvalue weighted by Crippen LogP contribution is -2.45. The van der Waals surface area contributed by atoms with Crippen LogP contribution in [0.3, 0.4) is 0 Å². The van der Waals surface area contributed by atoms with Gasteiger partial charge in [-0.15, -0.1) is 0 Å². The summed E-state index contributed by atoms with van der Waals surface area (Å²) in [5.41, 5.74) is 1.82. The third kappa shape index (κ3) is 5.29. The van der Waals surface area contributed by atoms with Gasteiger partial charge in [-0.25, -0.2) is 9.07 Å². The molecule has 3 rings (SSSR count). The van der Waals surface area contributed by atoms with Gasteiger partial charge in [0.2, 0.25) is 0 Å². The second-order valence-corrected chi connectivity index (χ2v) is 6.87. The van der Waals surface area contributed by atoms with E-state index >= 15 is 0 Å². The molecule has 1 amide bonds. The fourth-order valence-corrected chi connectivity index (χ4v) is 3.47. The molecule has 3 aromatic rings. The minimum Gasteiger partial charge on any atom is -0.349 e. The summed E-state index contributed by atoms with van der Waals surface area (Å²) >= 11 is 0. The molecule has 152 valence electrons. The number of carbonyl (C=O) groups excluding carboxylic acids is 1. The first-order valence-corrected chi connectivity index (χ1v) is 9.99. The first-order valence-electron chi connectivity index (χ1n) is 9.99. The van der Waals surface area contributed by atoms with Crippen molar-refractivity contribution in [1.82, 2.24) is 20.0 Å². The molecule has 0 aliphatic heterocycles. The third-order valence-corrected chi connectivity index (χ3v) is 5.06. The van der Waals surface area contributed by atoms with Crippen LogP contribution < -0.4 is 5.32 Å². The molecule has 0 saturated heterocycles. The maximum absolute atomic E-state index is 13.9. The van der Waals surface area contributed by atoms with E-state index in [2.05, 4.69) is 41.3 Å². The summed E-state index contributed by atoms with van der Waals surface area (Å²) in [6.07, 6.45) is 2.45. The molecule has 1 N–H and O–H groups in total. The minimum atomic E-state index is -0.382. The van der Waals surface area contributed by atoms with Crippen molar-refractivity contribution in [2.45, 2.75) is 26.3 Å². The Labute approximate surface area is 171 Å². The number of carbonyl (C=O) groups is 1. The van der Waals surface area contributed by atoms with E-state index in [1.54, 1.807) is 30.5 Å². The Kier molecular flexibility index (Phi) is 7.14. The summed E-state index contributed by atoms with van der Waals surface area (Å²) in [6, 6.07) is 18.4. The van der Waals surface area contributed by atoms with Crippen LogP contribution in [-0.4, -0.2) is 46.3 Å². The van der Waals surface area contributed by atoms with E-state index < -0.39 is 0 Å². The fraction of sp³-hybridized carbons (Fsp3) is 0.304. The highest BCUT2D eigenvalue weighted by Gasteiger charge is 2.19. The molecule has 5 nitrogen and oxygen atoms in total. The molecule has 2 aromatic carbocycles. The Morgan fingerprint density at radius 1 is 1.07 bits per heavy atom. The molecule has 0 aliphatic rings. The first kappa shape index (κ1) is 20.7. The fourth-order valence-electron chi connectivity index (χ4n) is 3.47. The zero-order valence-corrected chi connectivity index (χ0v) is 16.9. The lowest BCUT2D eigenvalue weighted by Gasteiger charge is -2.30. The van der Waals surface area contributed by atoms with Crippen LogP contribution in [0.5, 0.6) is 0 Å². The highest BCUT2D eigenvalue weighted by atomic mass is 19.1. The molecular formula is C23H27FN4O. The molecular weight excluding hydrogens is 367 g/mol. The van der Waals surface area contributed by atoms with E-state index in [0.29, 0.717) is 12.2 Å². The van der Waals surface area contributed by atoms with Crippen LogP contribution in [0.1, 0.15) is 29.9 Å². The minimum absolute atomic E-state index is 0.185. The molecule has 1 atom stereocenters. The molecule has 0 spiro atoms. The monoisotopic (exact) mass is 394 g/mol. The number of nitrogens with zero attached hydrogens (tertiary/aromatic N) is 3. The van der Waals surface area contributed by atoms with Gasteiger partial charge < -0.3 is 5.32 Å². The Bertz CT molecular complexity index is 921. The van der Waals surface area contributed by atoms with Gasteiger partial charge in [-0.2, -0.15) is 5.10 Å². The number of amides is 1. The molecule has 29 heavy (non-hydrogen) atoms. The molecule has 1 aromatic heterocycles. The smallest absolute Gasteiger partial charge is 0.271 e. The average Bonchev–Trinajstić information content (AvgIpc) is 3.23. The number of para-hydroxylation sites is 1. The number of hydrogen-bond donors (Lipinski definition) is 1. The second kappa shape index (κ2) is 9.98. The van der Waals surface area contributed by atoms with E-state index in [1.165, 1.54) is 16.3 Å². The lowest BCUT2D eigenvalue weighted by atomic mass is 10.0. The SMILES string of the molecule is CCN(CC)C(CNC(=O)c1ccn(-c2ccccc2F)n1)Cc1ccccc1. The van der Waals surface area contributed by atoms with Gasteiger partial charge in [0.1, 0.15) is 11.5 Å². The third-order valence-electron chi connectivity index (χ3n) is 5.06. The van der Waals surface area contributed by atoms with Gasteiger partial charge in [0.15, 0.2) is 5.69 Å². The number of aromatic nitrogens is 2. The zero-order chi connectivity index (χ0) is 20.6. The van der Waals surface area contributed by atoms with Gasteiger partial charge >= 0.3 is 0 Å². The van der Waals surface area contributed by atoms with Crippen molar-refractivity contribution >= 4 is 5.91 Å². The summed E-state index contributed by atoms with van der Waals surface area (Å²) in [4.78, 5) is 15.0. The van der Waals surface area contributed by atoms with Crippen molar-refractivity contribution in [3.8, 4) is 5.69 Å². The maximum atomic E-state index is 13.9. The van der Waals surface area contributed by atoms with E-state index in [1.807, 2.05) is 18.2 Å². The topological polar surface area (TPSA) is 50.2 Å². The first-order chi connectivity index (χ1) is 14.1. The summed E-state index contributed by atoms with van der Waals surface area (Å²) < 4.78 is 15.3. The number of nitrogens with one attached hydrogen (secondary N) is 1. The van der Waals surface area contributed by atoms with Gasteiger partial charge in [-0.3, -0.25) is 9.69 Å². The number of hydrogen-bond acceptors (Lipinski definition) is 3. The molecule has 0 bridgehead atoms. The van der Waals surface area contributed by atoms with E-state index in [9.17, 15) is 9.18 Å². The van der Waals surface area contributed by atoms with Crippen molar-refractivity contribution in [3.05, 3.63) is 83.9 Å². The normalized spacial score (nSPS) is 12.1. The van der Waals surface area contributed by atoms with Gasteiger partial charge in [0.25, 0.3) is 5.91 Å². The summed E-state index contributed by atoms with van der Waals surface area (Å²) in [5, 5.41) is 7.24. The summed E-state index contributed by atoms with van der Waals surface area (Å²) in [7, 11) is 0. The Morgan fingerprint density at radius 3 is 2.45 bits per heavy atom. The van der Waals surface area contributed by atoms with Crippen LogP contribution in [0.25, 0.3) is 5.69 Å². The van der Waals surface area contributed by atoms with Gasteiger partial charge in [-0.05, 0) is 43.3 Å². The highest BCUT2D eigenvalue weighted by Crippen LogP contribution is 2.13. The summed E-state index contributed by atoms with van der Waals surface area (Å²) in [5.74, 6) is -0.641. The Balaban J connectivity index is 1.67. The van der Waals surface area contributed by atoms with Crippen molar-refractivity contribution in [2.24, 2.45) is 0 Å². The van der Waals surface area contributed by atoms with Crippen LogP contribution in [0.2, 0.25) is 0 Å². The van der Waals surface area contributed by atoms with Crippen molar-refractivity contribution in [1.29, 1.82) is 0 Å². The van der Waals surface area contributed by atoms with Crippen LogP contribution in [0.4, 0.5) is 4.39 Å². The van der Waals surface area contributed by atoms with Gasteiger partial charge in [-0.1, -0.05) is 56.3 Å². The molecule has 0 aliphatic carbocycles. The lowest BCUT2D eigenvalue weighted by molar-refractivity contribution is 0.0929. The van der Waals surface area contributed by atoms with Crippen LogP contribution >= 0.6 is 0 Å². The molecule has 0 radical (unpaired) electrons. The molecule has 0 saturated carbocycles. The maximum Gasteiger partial charge on any atom is 0.271 e. The standard InChI is InChI=1S/C23H27FN4O/c1-3-27(4-2)19(16-18-10-6-5-7-11-18)17-25-23(29)21-14-15-28(26-21)22-13-9-8-12-20(22)24/h5-15,19H,3-4,16-17H2,1-2H3,(H,25,29). The second-order valence-electron chi connectivity index (χ2n) is 6.87. The molecule has 6 heteroatoms. The highest BCUT2D eigenvalue weighted by molar-refractivity contribution is 5.92. The van der Waals surface area contributed by atoms with Crippen molar-refractivity contribution in [3.63, 3.8) is 0 Å². The molecule has 1 heterocycles. The largest absolute Gasteiger partial charge is 0.349 e. The summed E-state index contributed by atoms with van der Waals surface area (Å²) in [6.45, 7) is 6.58.